The van der Waals surface area contributed by atoms with Crippen molar-refractivity contribution in [3.63, 3.8) is 0 Å². The molecular weight excluding hydrogens is 326 g/mol. The van der Waals surface area contributed by atoms with Gasteiger partial charge in [0.2, 0.25) is 0 Å². The molecule has 1 saturated heterocycles. The summed E-state index contributed by atoms with van der Waals surface area (Å²) in [5.74, 6) is 4.02. The van der Waals surface area contributed by atoms with Crippen LogP contribution in [0.2, 0.25) is 0 Å². The largest absolute Gasteiger partial charge is 0.493 e. The molecule has 4 aliphatic rings. The predicted octanol–water partition coefficient (Wildman–Crippen LogP) is 3.30. The molecule has 5 heteroatoms. The van der Waals surface area contributed by atoms with Gasteiger partial charge in [-0.2, -0.15) is 0 Å². The van der Waals surface area contributed by atoms with Crippen LogP contribution in [0.1, 0.15) is 44.9 Å². The zero-order valence-electron chi connectivity index (χ0n) is 16.3. The minimum absolute atomic E-state index is 0.333. The van der Waals surface area contributed by atoms with Crippen LogP contribution >= 0.6 is 0 Å². The van der Waals surface area contributed by atoms with Gasteiger partial charge in [0.1, 0.15) is 5.76 Å². The van der Waals surface area contributed by atoms with Gasteiger partial charge >= 0.3 is 0 Å². The van der Waals surface area contributed by atoms with E-state index in [0.717, 1.165) is 49.3 Å². The molecule has 0 spiro atoms. The smallest absolute Gasteiger partial charge is 0.152 e. The van der Waals surface area contributed by atoms with E-state index < -0.39 is 0 Å². The van der Waals surface area contributed by atoms with Gasteiger partial charge in [0.25, 0.3) is 0 Å². The molecule has 2 fully saturated rings. The average Bonchev–Trinajstić information content (AvgIpc) is 3.38. The van der Waals surface area contributed by atoms with Crippen LogP contribution in [0.15, 0.2) is 28.3 Å². The van der Waals surface area contributed by atoms with E-state index in [1.165, 1.54) is 56.5 Å². The second-order valence-electron chi connectivity index (χ2n) is 8.60. The molecule has 5 nitrogen and oxygen atoms in total. The third-order valence-electron chi connectivity index (χ3n) is 6.03. The summed E-state index contributed by atoms with van der Waals surface area (Å²) in [4.78, 5) is 8.07. The Hall–Kier alpha value is -1.33. The summed E-state index contributed by atoms with van der Waals surface area (Å²) in [7, 11) is 4.20. The van der Waals surface area contributed by atoms with Gasteiger partial charge in [-0.25, -0.2) is 0 Å². The Morgan fingerprint density at radius 2 is 2.00 bits per heavy atom. The van der Waals surface area contributed by atoms with Crippen LogP contribution in [-0.4, -0.2) is 50.9 Å². The third kappa shape index (κ3) is 4.32. The monoisotopic (exact) mass is 359 g/mol. The van der Waals surface area contributed by atoms with Gasteiger partial charge in [0.05, 0.1) is 18.2 Å². The van der Waals surface area contributed by atoms with Crippen molar-refractivity contribution in [2.24, 2.45) is 22.9 Å². The highest BCUT2D eigenvalue weighted by Gasteiger charge is 2.36. The van der Waals surface area contributed by atoms with Crippen molar-refractivity contribution in [3.05, 3.63) is 23.2 Å². The fourth-order valence-electron chi connectivity index (χ4n) is 4.22. The van der Waals surface area contributed by atoms with E-state index in [1.54, 1.807) is 0 Å². The molecule has 2 heterocycles. The fourth-order valence-corrected chi connectivity index (χ4v) is 4.22. The first-order chi connectivity index (χ1) is 12.7. The van der Waals surface area contributed by atoms with Crippen molar-refractivity contribution in [1.29, 1.82) is 0 Å². The van der Waals surface area contributed by atoms with Crippen LogP contribution in [0.3, 0.4) is 0 Å². The molecule has 0 radical (unpaired) electrons. The molecule has 2 aliphatic heterocycles. The lowest BCUT2D eigenvalue weighted by molar-refractivity contribution is 0.180. The van der Waals surface area contributed by atoms with Gasteiger partial charge in [0, 0.05) is 12.1 Å². The Morgan fingerprint density at radius 3 is 2.73 bits per heavy atom. The predicted molar refractivity (Wildman–Crippen MR) is 104 cm³/mol. The number of hydrogen-bond donors (Lipinski definition) is 1. The molecule has 0 aromatic heterocycles. The first-order valence-corrected chi connectivity index (χ1v) is 10.4. The van der Waals surface area contributed by atoms with E-state index in [0.29, 0.717) is 5.92 Å². The summed E-state index contributed by atoms with van der Waals surface area (Å²) in [5.41, 5.74) is 2.44. The van der Waals surface area contributed by atoms with E-state index in [2.05, 4.69) is 35.5 Å². The lowest BCUT2D eigenvalue weighted by atomic mass is 9.84. The Labute approximate surface area is 157 Å². The van der Waals surface area contributed by atoms with Crippen LogP contribution in [0.5, 0.6) is 0 Å². The summed E-state index contributed by atoms with van der Waals surface area (Å²) >= 11 is 0. The summed E-state index contributed by atoms with van der Waals surface area (Å²) in [5, 5.41) is 7.95. The highest BCUT2D eigenvalue weighted by molar-refractivity contribution is 5.90. The molecule has 4 rings (SSSR count). The normalized spacial score (nSPS) is 26.5. The summed E-state index contributed by atoms with van der Waals surface area (Å²) in [6, 6.07) is 0. The second kappa shape index (κ2) is 8.13. The number of likely N-dealkylation sites (N-methyl/N-ethyl adjacent to an activating group) is 1. The van der Waals surface area contributed by atoms with E-state index in [9.17, 15) is 0 Å². The van der Waals surface area contributed by atoms with Crippen LogP contribution < -0.4 is 5.32 Å². The number of nitrogens with zero attached hydrogens (tertiary/aromatic N) is 2. The highest BCUT2D eigenvalue weighted by atomic mass is 16.6. The van der Waals surface area contributed by atoms with E-state index in [-0.39, 0.29) is 0 Å². The number of allylic oxidation sites excluding steroid dienone is 2. The van der Waals surface area contributed by atoms with E-state index >= 15 is 0 Å². The van der Waals surface area contributed by atoms with E-state index in [1.807, 2.05) is 0 Å². The molecule has 144 valence electrons. The molecule has 2 aliphatic carbocycles. The number of ether oxygens (including phenoxy) is 1. The molecule has 26 heavy (non-hydrogen) atoms. The highest BCUT2D eigenvalue weighted by Crippen LogP contribution is 2.39. The molecule has 1 saturated carbocycles. The van der Waals surface area contributed by atoms with Crippen LogP contribution in [0.25, 0.3) is 0 Å². The number of nitrogens with one attached hydrogen (secondary N) is 1. The number of oxime groups is 1. The SMILES string of the molecule is CN(C)CC1=C2ON=C(CCC3CCNCC3)C2CC=C1OCC1CC1. The molecule has 0 aromatic carbocycles. The number of piperidine rings is 1. The third-order valence-corrected chi connectivity index (χ3v) is 6.03. The number of rotatable bonds is 8. The van der Waals surface area contributed by atoms with Crippen LogP contribution in [0, 0.1) is 17.8 Å². The molecule has 0 bridgehead atoms. The summed E-state index contributed by atoms with van der Waals surface area (Å²) in [6.07, 6.45) is 10.8. The van der Waals surface area contributed by atoms with Gasteiger partial charge in [0.15, 0.2) is 5.76 Å². The van der Waals surface area contributed by atoms with Crippen molar-refractivity contribution < 1.29 is 9.57 Å². The topological polar surface area (TPSA) is 46.1 Å². The Balaban J connectivity index is 1.40. The lowest BCUT2D eigenvalue weighted by Gasteiger charge is -2.26. The Kier molecular flexibility index (Phi) is 5.65. The molecule has 0 aromatic rings. The Morgan fingerprint density at radius 1 is 1.19 bits per heavy atom. The molecule has 1 N–H and O–H groups in total. The second-order valence-corrected chi connectivity index (χ2v) is 8.60. The molecule has 1 atom stereocenters. The summed E-state index contributed by atoms with van der Waals surface area (Å²) < 4.78 is 6.16. The van der Waals surface area contributed by atoms with Crippen molar-refractivity contribution >= 4 is 5.71 Å². The zero-order chi connectivity index (χ0) is 17.9. The molecule has 0 amide bonds. The summed E-state index contributed by atoms with van der Waals surface area (Å²) in [6.45, 7) is 4.03. The van der Waals surface area contributed by atoms with Crippen molar-refractivity contribution in [2.75, 3.05) is 40.3 Å². The van der Waals surface area contributed by atoms with Crippen molar-refractivity contribution in [1.82, 2.24) is 10.2 Å². The van der Waals surface area contributed by atoms with Gasteiger partial charge < -0.3 is 19.8 Å². The van der Waals surface area contributed by atoms with Gasteiger partial charge in [-0.15, -0.1) is 0 Å². The first kappa shape index (κ1) is 18.1. The van der Waals surface area contributed by atoms with Crippen LogP contribution in [0.4, 0.5) is 0 Å². The average molecular weight is 360 g/mol. The van der Waals surface area contributed by atoms with Gasteiger partial charge in [-0.1, -0.05) is 5.16 Å². The van der Waals surface area contributed by atoms with Crippen LogP contribution in [-0.2, 0) is 9.57 Å². The quantitative estimate of drug-likeness (QED) is 0.722. The molecular formula is C21H33N3O2. The maximum absolute atomic E-state index is 6.16. The number of hydrogen-bond acceptors (Lipinski definition) is 5. The maximum atomic E-state index is 6.16. The zero-order valence-corrected chi connectivity index (χ0v) is 16.3. The van der Waals surface area contributed by atoms with Gasteiger partial charge in [-0.05, 0) is 90.0 Å². The maximum Gasteiger partial charge on any atom is 0.152 e. The Bertz CT molecular complexity index is 598. The fraction of sp³-hybridized carbons (Fsp3) is 0.762. The lowest BCUT2D eigenvalue weighted by Crippen LogP contribution is -2.28. The minimum Gasteiger partial charge on any atom is -0.493 e. The molecule has 1 unspecified atom stereocenters. The van der Waals surface area contributed by atoms with Crippen molar-refractivity contribution in [2.45, 2.75) is 44.9 Å². The first-order valence-electron chi connectivity index (χ1n) is 10.4. The van der Waals surface area contributed by atoms with E-state index in [4.69, 9.17) is 9.57 Å². The standard InChI is InChI=1S/C21H33N3O2/c1-24(2)13-18-20(25-14-16-3-4-16)8-6-17-19(23-26-21(17)18)7-5-15-9-11-22-12-10-15/h8,15-17,22H,3-7,9-14H2,1-2H3. The minimum atomic E-state index is 0.333. The van der Waals surface area contributed by atoms with Crippen molar-refractivity contribution in [3.8, 4) is 0 Å². The van der Waals surface area contributed by atoms with Gasteiger partial charge in [-0.3, -0.25) is 0 Å². The number of fused-ring (bicyclic) bond motifs is 1.